The van der Waals surface area contributed by atoms with Crippen LogP contribution in [-0.2, 0) is 16.0 Å². The molecule has 3 aromatic rings. The Kier molecular flexibility index (Phi) is 6.56. The van der Waals surface area contributed by atoms with Gasteiger partial charge in [-0.15, -0.1) is 0 Å². The molecule has 1 aromatic heterocycles. The number of hydrogen-bond donors (Lipinski definition) is 1. The smallest absolute Gasteiger partial charge is 0.243 e. The van der Waals surface area contributed by atoms with Crippen LogP contribution in [0.1, 0.15) is 12.3 Å². The van der Waals surface area contributed by atoms with Crippen molar-refractivity contribution in [1.29, 1.82) is 0 Å². The average Bonchev–Trinajstić information content (AvgIpc) is 3.15. The molecule has 3 rings (SSSR count). The summed E-state index contributed by atoms with van der Waals surface area (Å²) in [5, 5.41) is 7.02. The van der Waals surface area contributed by atoms with Crippen LogP contribution in [0, 0.1) is 5.82 Å². The second-order valence-corrected chi connectivity index (χ2v) is 6.76. The summed E-state index contributed by atoms with van der Waals surface area (Å²) in [7, 11) is 1.54. The SMILES string of the molecule is CN(CC(=O)Nc1cccc(Cl)c1)C(=O)CCc1nc(-c2ccc(F)cc2)no1. The molecule has 0 aliphatic heterocycles. The van der Waals surface area contributed by atoms with Gasteiger partial charge in [-0.25, -0.2) is 4.39 Å². The van der Waals surface area contributed by atoms with Crippen LogP contribution in [0.3, 0.4) is 0 Å². The molecule has 0 saturated heterocycles. The number of carbonyl (C=O) groups is 2. The van der Waals surface area contributed by atoms with Gasteiger partial charge in [-0.1, -0.05) is 22.8 Å². The van der Waals surface area contributed by atoms with Gasteiger partial charge in [-0.05, 0) is 42.5 Å². The number of likely N-dealkylation sites (N-methyl/N-ethyl adjacent to an activating group) is 1. The molecule has 0 spiro atoms. The zero-order chi connectivity index (χ0) is 20.8. The summed E-state index contributed by atoms with van der Waals surface area (Å²) in [5.74, 6) is -0.325. The van der Waals surface area contributed by atoms with Crippen LogP contribution in [-0.4, -0.2) is 40.4 Å². The molecule has 1 N–H and O–H groups in total. The van der Waals surface area contributed by atoms with E-state index >= 15 is 0 Å². The van der Waals surface area contributed by atoms with Crippen LogP contribution in [0.4, 0.5) is 10.1 Å². The molecule has 150 valence electrons. The highest BCUT2D eigenvalue weighted by Gasteiger charge is 2.16. The summed E-state index contributed by atoms with van der Waals surface area (Å²) in [6, 6.07) is 12.4. The van der Waals surface area contributed by atoms with E-state index in [1.807, 2.05) is 0 Å². The third kappa shape index (κ3) is 5.86. The molecule has 9 heteroatoms. The molecule has 0 unspecified atom stereocenters. The van der Waals surface area contributed by atoms with Crippen molar-refractivity contribution in [1.82, 2.24) is 15.0 Å². The van der Waals surface area contributed by atoms with Crippen LogP contribution < -0.4 is 5.32 Å². The minimum absolute atomic E-state index is 0.101. The van der Waals surface area contributed by atoms with E-state index in [1.165, 1.54) is 24.1 Å². The first-order valence-corrected chi connectivity index (χ1v) is 9.16. The van der Waals surface area contributed by atoms with Gasteiger partial charge in [0, 0.05) is 36.2 Å². The minimum atomic E-state index is -0.356. The maximum absolute atomic E-state index is 13.0. The van der Waals surface area contributed by atoms with Crippen LogP contribution in [0.2, 0.25) is 5.02 Å². The Balaban J connectivity index is 1.48. The Morgan fingerprint density at radius 3 is 2.69 bits per heavy atom. The van der Waals surface area contributed by atoms with Crippen molar-refractivity contribution in [2.24, 2.45) is 0 Å². The van der Waals surface area contributed by atoms with E-state index in [4.69, 9.17) is 16.1 Å². The highest BCUT2D eigenvalue weighted by molar-refractivity contribution is 6.30. The first-order valence-electron chi connectivity index (χ1n) is 8.78. The van der Waals surface area contributed by atoms with Crippen LogP contribution in [0.15, 0.2) is 53.1 Å². The Morgan fingerprint density at radius 1 is 1.21 bits per heavy atom. The van der Waals surface area contributed by atoms with E-state index in [0.717, 1.165) is 0 Å². The number of amides is 2. The zero-order valence-corrected chi connectivity index (χ0v) is 16.3. The van der Waals surface area contributed by atoms with Gasteiger partial charge in [0.2, 0.25) is 23.5 Å². The summed E-state index contributed by atoms with van der Waals surface area (Å²) < 4.78 is 18.1. The van der Waals surface area contributed by atoms with E-state index in [1.54, 1.807) is 36.4 Å². The standard InChI is InChI=1S/C20H18ClFN4O3/c1-26(12-17(27)23-16-4-2-3-14(21)11-16)19(28)10-9-18-24-20(25-29-18)13-5-7-15(22)8-6-13/h2-8,11H,9-10,12H2,1H3,(H,23,27). The average molecular weight is 417 g/mol. The lowest BCUT2D eigenvalue weighted by Gasteiger charge is -2.16. The van der Waals surface area contributed by atoms with Crippen molar-refractivity contribution >= 4 is 29.1 Å². The van der Waals surface area contributed by atoms with Crippen LogP contribution >= 0.6 is 11.6 Å². The number of anilines is 1. The van der Waals surface area contributed by atoms with Gasteiger partial charge in [-0.3, -0.25) is 9.59 Å². The van der Waals surface area contributed by atoms with E-state index in [2.05, 4.69) is 15.5 Å². The fraction of sp³-hybridized carbons (Fsp3) is 0.200. The number of hydrogen-bond acceptors (Lipinski definition) is 5. The van der Waals surface area contributed by atoms with Gasteiger partial charge in [0.1, 0.15) is 5.82 Å². The third-order valence-electron chi connectivity index (χ3n) is 4.04. The number of rotatable bonds is 7. The van der Waals surface area contributed by atoms with Gasteiger partial charge in [0.15, 0.2) is 0 Å². The molecule has 1 heterocycles. The highest BCUT2D eigenvalue weighted by atomic mass is 35.5. The van der Waals surface area contributed by atoms with E-state index in [-0.39, 0.29) is 42.9 Å². The summed E-state index contributed by atoms with van der Waals surface area (Å²) in [5.41, 5.74) is 1.17. The summed E-state index contributed by atoms with van der Waals surface area (Å²) >= 11 is 5.88. The lowest BCUT2D eigenvalue weighted by atomic mass is 10.2. The van der Waals surface area contributed by atoms with Crippen LogP contribution in [0.25, 0.3) is 11.4 Å². The molecule has 7 nitrogen and oxygen atoms in total. The lowest BCUT2D eigenvalue weighted by Crippen LogP contribution is -2.35. The molecular formula is C20H18ClFN4O3. The second-order valence-electron chi connectivity index (χ2n) is 6.33. The van der Waals surface area contributed by atoms with Crippen molar-refractivity contribution in [2.45, 2.75) is 12.8 Å². The number of halogens is 2. The number of aromatic nitrogens is 2. The summed E-state index contributed by atoms with van der Waals surface area (Å²) in [6.45, 7) is -0.101. The predicted molar refractivity (Wildman–Crippen MR) is 106 cm³/mol. The largest absolute Gasteiger partial charge is 0.339 e. The van der Waals surface area contributed by atoms with E-state index in [9.17, 15) is 14.0 Å². The summed E-state index contributed by atoms with van der Waals surface area (Å²) in [6.07, 6.45) is 0.333. The molecule has 29 heavy (non-hydrogen) atoms. The minimum Gasteiger partial charge on any atom is -0.339 e. The van der Waals surface area contributed by atoms with E-state index in [0.29, 0.717) is 22.1 Å². The topological polar surface area (TPSA) is 88.3 Å². The Hall–Kier alpha value is -3.26. The molecule has 2 aromatic carbocycles. The Morgan fingerprint density at radius 2 is 1.97 bits per heavy atom. The van der Waals surface area contributed by atoms with Gasteiger partial charge in [0.25, 0.3) is 0 Å². The molecule has 0 radical (unpaired) electrons. The Bertz CT molecular complexity index is 1010. The monoisotopic (exact) mass is 416 g/mol. The number of carbonyl (C=O) groups excluding carboxylic acids is 2. The number of benzene rings is 2. The first kappa shape index (κ1) is 20.5. The number of nitrogens with one attached hydrogen (secondary N) is 1. The predicted octanol–water partition coefficient (Wildman–Crippen LogP) is 3.56. The normalized spacial score (nSPS) is 10.6. The maximum Gasteiger partial charge on any atom is 0.243 e. The number of aryl methyl sites for hydroxylation is 1. The lowest BCUT2D eigenvalue weighted by molar-refractivity contribution is -0.133. The third-order valence-corrected chi connectivity index (χ3v) is 4.27. The van der Waals surface area contributed by atoms with Crippen molar-refractivity contribution in [3.63, 3.8) is 0 Å². The number of nitrogens with zero attached hydrogens (tertiary/aromatic N) is 3. The van der Waals surface area contributed by atoms with Crippen molar-refractivity contribution in [2.75, 3.05) is 18.9 Å². The van der Waals surface area contributed by atoms with Crippen molar-refractivity contribution < 1.29 is 18.5 Å². The molecule has 2 amide bonds. The van der Waals surface area contributed by atoms with Gasteiger partial charge < -0.3 is 14.7 Å². The quantitative estimate of drug-likeness (QED) is 0.636. The van der Waals surface area contributed by atoms with Gasteiger partial charge >= 0.3 is 0 Å². The summed E-state index contributed by atoms with van der Waals surface area (Å²) in [4.78, 5) is 29.9. The molecular weight excluding hydrogens is 399 g/mol. The molecule has 0 aliphatic carbocycles. The fourth-order valence-electron chi connectivity index (χ4n) is 2.55. The molecule has 0 aliphatic rings. The van der Waals surface area contributed by atoms with Crippen LogP contribution in [0.5, 0.6) is 0 Å². The maximum atomic E-state index is 13.0. The van der Waals surface area contributed by atoms with E-state index < -0.39 is 0 Å². The fourth-order valence-corrected chi connectivity index (χ4v) is 2.74. The highest BCUT2D eigenvalue weighted by Crippen LogP contribution is 2.17. The molecule has 0 bridgehead atoms. The molecule has 0 fully saturated rings. The van der Waals surface area contributed by atoms with Gasteiger partial charge in [0.05, 0.1) is 6.54 Å². The Labute approximate surface area is 171 Å². The molecule has 0 atom stereocenters. The van der Waals surface area contributed by atoms with Gasteiger partial charge in [-0.2, -0.15) is 4.98 Å². The zero-order valence-electron chi connectivity index (χ0n) is 15.6. The first-order chi connectivity index (χ1) is 13.9. The second kappa shape index (κ2) is 9.29. The van der Waals surface area contributed by atoms with Crippen molar-refractivity contribution in [3.8, 4) is 11.4 Å². The molecule has 0 saturated carbocycles. The van der Waals surface area contributed by atoms with Crippen molar-refractivity contribution in [3.05, 3.63) is 65.3 Å².